The Kier molecular flexibility index (Phi) is 4.33. The van der Waals surface area contributed by atoms with E-state index in [1.165, 1.54) is 18.2 Å². The fourth-order valence-corrected chi connectivity index (χ4v) is 3.14. The minimum absolute atomic E-state index is 0.0516. The molecule has 0 unspecified atom stereocenters. The predicted octanol–water partition coefficient (Wildman–Crippen LogP) is 4.77. The van der Waals surface area contributed by atoms with Crippen LogP contribution in [0.15, 0.2) is 30.3 Å². The fraction of sp³-hybridized carbons (Fsp3) is 0.429. The van der Waals surface area contributed by atoms with Crippen LogP contribution in [-0.4, -0.2) is 4.92 Å². The lowest BCUT2D eigenvalue weighted by molar-refractivity contribution is -0.385. The highest BCUT2D eigenvalue weighted by Gasteiger charge is 2.33. The van der Waals surface area contributed by atoms with Crippen LogP contribution < -0.4 is 15.2 Å². The lowest BCUT2D eigenvalue weighted by atomic mass is 9.80. The molecule has 0 fully saturated rings. The molecule has 1 atom stereocenters. The van der Waals surface area contributed by atoms with Crippen LogP contribution >= 0.6 is 0 Å². The van der Waals surface area contributed by atoms with Gasteiger partial charge >= 0.3 is 0 Å². The van der Waals surface area contributed by atoms with E-state index in [1.54, 1.807) is 0 Å². The Bertz CT molecular complexity index is 908. The summed E-state index contributed by atoms with van der Waals surface area (Å²) >= 11 is 0. The number of nitrogens with one attached hydrogen (secondary N) is 1. The van der Waals surface area contributed by atoms with E-state index in [4.69, 9.17) is 4.74 Å². The zero-order valence-corrected chi connectivity index (χ0v) is 16.5. The normalized spacial score (nSPS) is 16.4. The van der Waals surface area contributed by atoms with Gasteiger partial charge < -0.3 is 15.2 Å². The van der Waals surface area contributed by atoms with Crippen molar-refractivity contribution in [2.45, 2.75) is 58.6 Å². The van der Waals surface area contributed by atoms with Gasteiger partial charge in [-0.25, -0.2) is 0 Å². The van der Waals surface area contributed by atoms with Gasteiger partial charge in [0.1, 0.15) is 5.75 Å². The van der Waals surface area contributed by atoms with Crippen LogP contribution in [0.2, 0.25) is 0 Å². The Balaban J connectivity index is 2.09. The van der Waals surface area contributed by atoms with E-state index in [-0.39, 0.29) is 27.8 Å². The van der Waals surface area contributed by atoms with Crippen LogP contribution in [0.3, 0.4) is 0 Å². The number of hydrogen-bond acceptors (Lipinski definition) is 5. The van der Waals surface area contributed by atoms with Crippen molar-refractivity contribution in [2.24, 2.45) is 0 Å². The van der Waals surface area contributed by atoms with Crippen LogP contribution in [-0.2, 0) is 10.8 Å². The summed E-state index contributed by atoms with van der Waals surface area (Å²) in [6, 6.07) is 7.90. The molecule has 0 saturated heterocycles. The Morgan fingerprint density at radius 2 is 1.70 bits per heavy atom. The Morgan fingerprint density at radius 3 is 2.26 bits per heavy atom. The van der Waals surface area contributed by atoms with Gasteiger partial charge in [0.25, 0.3) is 5.69 Å². The number of hydrogen-bond donors (Lipinski definition) is 1. The van der Waals surface area contributed by atoms with Gasteiger partial charge in [-0.2, -0.15) is 0 Å². The number of rotatable bonds is 2. The highest BCUT2D eigenvalue weighted by molar-refractivity contribution is 5.68. The molecule has 6 heteroatoms. The first kappa shape index (κ1) is 19.0. The second-order valence-corrected chi connectivity index (χ2v) is 9.02. The third kappa shape index (κ3) is 3.56. The topological polar surface area (TPSA) is 87.5 Å². The standard InChI is InChI=1S/C21H26N2O4/c1-20(2,3)12-9-15(21(4,5)6)18-16(10-12)22-19(27-18)14-11-13(23(25)26)7-8-17(14)24/h7-11,19,22,24H,1-6H3/p-1/t19-/m0/s1. The van der Waals surface area contributed by atoms with Crippen molar-refractivity contribution >= 4 is 11.4 Å². The number of benzene rings is 2. The lowest BCUT2D eigenvalue weighted by Gasteiger charge is -2.26. The number of nitrogens with zero attached hydrogens (tertiary/aromatic N) is 1. The summed E-state index contributed by atoms with van der Waals surface area (Å²) in [6.45, 7) is 12.8. The molecule has 144 valence electrons. The summed E-state index contributed by atoms with van der Waals surface area (Å²) in [4.78, 5) is 10.6. The number of nitro benzene ring substituents is 1. The number of non-ortho nitro benzene ring substituents is 1. The van der Waals surface area contributed by atoms with E-state index >= 15 is 0 Å². The second-order valence-electron chi connectivity index (χ2n) is 9.02. The second kappa shape index (κ2) is 6.15. The molecule has 2 aromatic rings. The molecule has 6 nitrogen and oxygen atoms in total. The van der Waals surface area contributed by atoms with Gasteiger partial charge in [0.15, 0.2) is 6.23 Å². The molecule has 0 bridgehead atoms. The van der Waals surface area contributed by atoms with Gasteiger partial charge in [-0.05, 0) is 22.5 Å². The van der Waals surface area contributed by atoms with Crippen molar-refractivity contribution in [1.82, 2.24) is 0 Å². The van der Waals surface area contributed by atoms with Crippen molar-refractivity contribution in [1.29, 1.82) is 0 Å². The van der Waals surface area contributed by atoms with Crippen molar-refractivity contribution < 1.29 is 14.8 Å². The first-order chi connectivity index (χ1) is 12.4. The van der Waals surface area contributed by atoms with Gasteiger partial charge in [0, 0.05) is 23.3 Å². The largest absolute Gasteiger partial charge is 0.872 e. The summed E-state index contributed by atoms with van der Waals surface area (Å²) in [6.07, 6.45) is -0.747. The SMILES string of the molecule is CC(C)(C)c1cc2c(c(C(C)(C)C)c1)O[C@@H](c1cc([N+](=O)[O-])ccc1[O-])N2. The molecule has 2 aromatic carbocycles. The summed E-state index contributed by atoms with van der Waals surface area (Å²) in [5.74, 6) is 0.408. The van der Waals surface area contributed by atoms with Crippen molar-refractivity contribution in [3.05, 3.63) is 57.1 Å². The number of ether oxygens (including phenoxy) is 1. The molecule has 1 heterocycles. The first-order valence-electron chi connectivity index (χ1n) is 8.95. The third-order valence-corrected chi connectivity index (χ3v) is 4.77. The van der Waals surface area contributed by atoms with Crippen LogP contribution in [0.25, 0.3) is 0 Å². The highest BCUT2D eigenvalue weighted by Crippen LogP contribution is 2.48. The summed E-state index contributed by atoms with van der Waals surface area (Å²) < 4.78 is 6.10. The number of nitro groups is 1. The minimum Gasteiger partial charge on any atom is -0.872 e. The van der Waals surface area contributed by atoms with Crippen molar-refractivity contribution in [2.75, 3.05) is 5.32 Å². The average Bonchev–Trinajstić information content (AvgIpc) is 2.95. The van der Waals surface area contributed by atoms with E-state index in [0.717, 1.165) is 16.8 Å². The molecule has 27 heavy (non-hydrogen) atoms. The maximum atomic E-state index is 12.3. The van der Waals surface area contributed by atoms with Gasteiger partial charge in [0.2, 0.25) is 0 Å². The summed E-state index contributed by atoms with van der Waals surface area (Å²) in [5.41, 5.74) is 2.90. The van der Waals surface area contributed by atoms with Crippen LogP contribution in [0.4, 0.5) is 11.4 Å². The maximum Gasteiger partial charge on any atom is 0.269 e. The zero-order chi connectivity index (χ0) is 20.1. The molecule has 0 aromatic heterocycles. The predicted molar refractivity (Wildman–Crippen MR) is 103 cm³/mol. The van der Waals surface area contributed by atoms with E-state index in [9.17, 15) is 15.2 Å². The monoisotopic (exact) mass is 369 g/mol. The maximum absolute atomic E-state index is 12.3. The van der Waals surface area contributed by atoms with Crippen LogP contribution in [0.5, 0.6) is 11.5 Å². The van der Waals surface area contributed by atoms with Gasteiger partial charge in [-0.1, -0.05) is 59.4 Å². The van der Waals surface area contributed by atoms with Crippen molar-refractivity contribution in [3.8, 4) is 11.5 Å². The van der Waals surface area contributed by atoms with Gasteiger partial charge in [-0.15, -0.1) is 0 Å². The Labute approximate surface area is 159 Å². The molecule has 0 amide bonds. The summed E-state index contributed by atoms with van der Waals surface area (Å²) in [7, 11) is 0. The van der Waals surface area contributed by atoms with Crippen LogP contribution in [0, 0.1) is 10.1 Å². The van der Waals surface area contributed by atoms with E-state index in [2.05, 4.69) is 52.9 Å². The lowest BCUT2D eigenvalue weighted by Crippen LogP contribution is -2.17. The summed E-state index contributed by atoms with van der Waals surface area (Å²) in [5, 5.41) is 26.6. The van der Waals surface area contributed by atoms with E-state index in [0.29, 0.717) is 5.75 Å². The fourth-order valence-electron chi connectivity index (χ4n) is 3.14. The molecular weight excluding hydrogens is 344 g/mol. The number of anilines is 1. The molecule has 3 rings (SSSR count). The first-order valence-corrected chi connectivity index (χ1v) is 8.95. The van der Waals surface area contributed by atoms with E-state index < -0.39 is 11.2 Å². The minimum atomic E-state index is -0.747. The molecule has 0 spiro atoms. The molecule has 1 aliphatic heterocycles. The quantitative estimate of drug-likeness (QED) is 0.609. The smallest absolute Gasteiger partial charge is 0.269 e. The van der Waals surface area contributed by atoms with Crippen molar-refractivity contribution in [3.63, 3.8) is 0 Å². The molecule has 0 saturated carbocycles. The Hall–Kier alpha value is -2.76. The van der Waals surface area contributed by atoms with E-state index in [1.807, 2.05) is 6.07 Å². The molecular formula is C21H25N2O4-. The van der Waals surface area contributed by atoms with Gasteiger partial charge in [-0.3, -0.25) is 10.1 Å². The molecule has 0 aliphatic carbocycles. The Morgan fingerprint density at radius 1 is 1.04 bits per heavy atom. The average molecular weight is 369 g/mol. The highest BCUT2D eigenvalue weighted by atomic mass is 16.6. The number of fused-ring (bicyclic) bond motifs is 1. The zero-order valence-electron chi connectivity index (χ0n) is 16.5. The molecule has 1 N–H and O–H groups in total. The molecule has 1 aliphatic rings. The van der Waals surface area contributed by atoms with Gasteiger partial charge in [0.05, 0.1) is 10.6 Å². The molecule has 0 radical (unpaired) electrons. The third-order valence-electron chi connectivity index (χ3n) is 4.77. The van der Waals surface area contributed by atoms with Crippen LogP contribution in [0.1, 0.15) is 64.5 Å².